The molecule has 9 heteroatoms. The molecule has 0 aromatic heterocycles. The van der Waals surface area contributed by atoms with Gasteiger partial charge >= 0.3 is 0 Å². The molecule has 0 saturated carbocycles. The summed E-state index contributed by atoms with van der Waals surface area (Å²) in [5, 5.41) is 9.93. The van der Waals surface area contributed by atoms with Crippen LogP contribution in [0.3, 0.4) is 0 Å². The number of rotatable bonds is 3. The van der Waals surface area contributed by atoms with E-state index in [0.717, 1.165) is 24.5 Å². The van der Waals surface area contributed by atoms with Crippen molar-refractivity contribution in [3.63, 3.8) is 0 Å². The zero-order valence-electron chi connectivity index (χ0n) is 12.8. The number of halogens is 4. The molecule has 4 nitrogen and oxygen atoms in total. The van der Waals surface area contributed by atoms with E-state index >= 15 is 0 Å². The van der Waals surface area contributed by atoms with Gasteiger partial charge in [-0.1, -0.05) is 11.6 Å². The lowest BCUT2D eigenvalue weighted by Crippen LogP contribution is -2.22. The van der Waals surface area contributed by atoms with Crippen molar-refractivity contribution in [1.82, 2.24) is 0 Å². The third-order valence-electron chi connectivity index (χ3n) is 3.82. The fraction of sp³-hybridized carbons (Fsp3) is 0.250. The summed E-state index contributed by atoms with van der Waals surface area (Å²) in [5.74, 6) is -4.36. The van der Waals surface area contributed by atoms with E-state index in [1.54, 1.807) is 0 Å². The molecule has 2 aromatic carbocycles. The number of sulfone groups is 1. The van der Waals surface area contributed by atoms with E-state index in [2.05, 4.69) is 0 Å². The third-order valence-corrected chi connectivity index (χ3v) is 5.20. The lowest BCUT2D eigenvalue weighted by atomic mass is 10.1. The van der Waals surface area contributed by atoms with E-state index < -0.39 is 44.6 Å². The predicted octanol–water partition coefficient (Wildman–Crippen LogP) is 3.90. The number of aliphatic hydroxyl groups excluding tert-OH is 1. The first kappa shape index (κ1) is 18.0. The van der Waals surface area contributed by atoms with Crippen molar-refractivity contribution in [1.29, 1.82) is 0 Å². The molecule has 0 saturated heterocycles. The Bertz CT molecular complexity index is 940. The molecule has 1 aliphatic carbocycles. The normalized spacial score (nSPS) is 18.9. The standard InChI is InChI=1S/C16H12ClF3O4S/c1-25(22,23)13-3-2-12(11-7-16(19,20)15(21)14(11)13)24-10-5-8(17)4-9(18)6-10/h2-6,15,21H,7H2,1H3/t15-/m0/s1. The fourth-order valence-corrected chi connectivity index (χ4v) is 3.94. The summed E-state index contributed by atoms with van der Waals surface area (Å²) in [6, 6.07) is 5.61. The van der Waals surface area contributed by atoms with E-state index in [-0.39, 0.29) is 22.1 Å². The molecule has 0 bridgehead atoms. The molecule has 0 amide bonds. The molecule has 0 spiro atoms. The van der Waals surface area contributed by atoms with E-state index in [0.29, 0.717) is 0 Å². The quantitative estimate of drug-likeness (QED) is 0.860. The highest BCUT2D eigenvalue weighted by atomic mass is 35.5. The maximum atomic E-state index is 14.0. The first-order chi connectivity index (χ1) is 11.5. The van der Waals surface area contributed by atoms with Gasteiger partial charge in [-0.05, 0) is 24.3 Å². The number of ether oxygens (including phenoxy) is 1. The Balaban J connectivity index is 2.15. The van der Waals surface area contributed by atoms with Gasteiger partial charge in [-0.25, -0.2) is 21.6 Å². The van der Waals surface area contributed by atoms with Crippen LogP contribution >= 0.6 is 11.6 Å². The number of hydrogen-bond donors (Lipinski definition) is 1. The van der Waals surface area contributed by atoms with E-state index in [9.17, 15) is 26.7 Å². The van der Waals surface area contributed by atoms with Crippen molar-refractivity contribution < 1.29 is 31.4 Å². The largest absolute Gasteiger partial charge is 0.457 e. The fourth-order valence-electron chi connectivity index (χ4n) is 2.78. The van der Waals surface area contributed by atoms with Crippen LogP contribution in [0.4, 0.5) is 13.2 Å². The highest BCUT2D eigenvalue weighted by molar-refractivity contribution is 7.90. The van der Waals surface area contributed by atoms with Crippen LogP contribution in [-0.2, 0) is 16.3 Å². The molecular formula is C16H12ClF3O4S. The highest BCUT2D eigenvalue weighted by Gasteiger charge is 2.50. The zero-order chi connectivity index (χ0) is 18.6. The van der Waals surface area contributed by atoms with E-state index in [1.165, 1.54) is 12.1 Å². The molecule has 0 radical (unpaired) electrons. The topological polar surface area (TPSA) is 63.6 Å². The van der Waals surface area contributed by atoms with Crippen molar-refractivity contribution in [2.24, 2.45) is 0 Å². The molecule has 1 N–H and O–H groups in total. The summed E-state index contributed by atoms with van der Waals surface area (Å²) in [6.07, 6.45) is -2.31. The van der Waals surface area contributed by atoms with Gasteiger partial charge in [-0.2, -0.15) is 0 Å². The minimum Gasteiger partial charge on any atom is -0.457 e. The van der Waals surface area contributed by atoms with Crippen LogP contribution in [0.15, 0.2) is 35.2 Å². The van der Waals surface area contributed by atoms with Crippen LogP contribution in [-0.4, -0.2) is 25.7 Å². The monoisotopic (exact) mass is 392 g/mol. The second kappa shape index (κ2) is 5.89. The summed E-state index contributed by atoms with van der Waals surface area (Å²) in [5.41, 5.74) is -0.534. The van der Waals surface area contributed by atoms with Crippen LogP contribution in [0.2, 0.25) is 5.02 Å². The van der Waals surface area contributed by atoms with Gasteiger partial charge in [0.15, 0.2) is 9.84 Å². The van der Waals surface area contributed by atoms with Gasteiger partial charge in [0.1, 0.15) is 23.4 Å². The van der Waals surface area contributed by atoms with Gasteiger partial charge in [0, 0.05) is 34.9 Å². The minimum absolute atomic E-state index is 0.0380. The molecule has 2 aromatic rings. The molecule has 1 aliphatic rings. The third kappa shape index (κ3) is 3.33. The number of hydrogen-bond acceptors (Lipinski definition) is 4. The average molecular weight is 393 g/mol. The molecule has 1 atom stereocenters. The Hall–Kier alpha value is -1.77. The summed E-state index contributed by atoms with van der Waals surface area (Å²) < 4.78 is 70.5. The van der Waals surface area contributed by atoms with E-state index in [1.807, 2.05) is 0 Å². The van der Waals surface area contributed by atoms with E-state index in [4.69, 9.17) is 16.3 Å². The van der Waals surface area contributed by atoms with Crippen molar-refractivity contribution in [3.8, 4) is 11.5 Å². The number of fused-ring (bicyclic) bond motifs is 1. The molecular weight excluding hydrogens is 381 g/mol. The first-order valence-electron chi connectivity index (χ1n) is 7.05. The van der Waals surface area contributed by atoms with Gasteiger partial charge in [0.25, 0.3) is 5.92 Å². The van der Waals surface area contributed by atoms with Crippen molar-refractivity contribution in [2.45, 2.75) is 23.3 Å². The van der Waals surface area contributed by atoms with Crippen LogP contribution in [0.25, 0.3) is 0 Å². The molecule has 3 rings (SSSR count). The molecule has 25 heavy (non-hydrogen) atoms. The second-order valence-electron chi connectivity index (χ2n) is 5.77. The van der Waals surface area contributed by atoms with Crippen molar-refractivity contribution in [2.75, 3.05) is 6.26 Å². The average Bonchev–Trinajstić information content (AvgIpc) is 2.68. The number of benzene rings is 2. The van der Waals surface area contributed by atoms with Crippen LogP contribution in [0.5, 0.6) is 11.5 Å². The highest BCUT2D eigenvalue weighted by Crippen LogP contribution is 2.49. The Morgan fingerprint density at radius 1 is 1.28 bits per heavy atom. The second-order valence-corrected chi connectivity index (χ2v) is 8.19. The maximum absolute atomic E-state index is 14.0. The Labute approximate surface area is 146 Å². The Morgan fingerprint density at radius 2 is 1.96 bits per heavy atom. The van der Waals surface area contributed by atoms with Crippen molar-refractivity contribution in [3.05, 3.63) is 52.3 Å². The van der Waals surface area contributed by atoms with Crippen LogP contribution in [0, 0.1) is 5.82 Å². The zero-order valence-corrected chi connectivity index (χ0v) is 14.3. The van der Waals surface area contributed by atoms with Crippen molar-refractivity contribution >= 4 is 21.4 Å². The minimum atomic E-state index is -3.84. The smallest absolute Gasteiger partial charge is 0.281 e. The van der Waals surface area contributed by atoms with Gasteiger partial charge in [-0.15, -0.1) is 0 Å². The van der Waals surface area contributed by atoms with Gasteiger partial charge < -0.3 is 9.84 Å². The summed E-state index contributed by atoms with van der Waals surface area (Å²) >= 11 is 5.73. The van der Waals surface area contributed by atoms with Crippen LogP contribution < -0.4 is 4.74 Å². The molecule has 0 aliphatic heterocycles. The summed E-state index contributed by atoms with van der Waals surface area (Å²) in [4.78, 5) is -0.392. The molecule has 134 valence electrons. The Kier molecular flexibility index (Phi) is 4.25. The first-order valence-corrected chi connectivity index (χ1v) is 9.31. The predicted molar refractivity (Wildman–Crippen MR) is 84.6 cm³/mol. The summed E-state index contributed by atoms with van der Waals surface area (Å²) in [7, 11) is -3.84. The molecule has 0 fully saturated rings. The number of aliphatic hydroxyl groups is 1. The van der Waals surface area contributed by atoms with Gasteiger partial charge in [0.2, 0.25) is 0 Å². The SMILES string of the molecule is CS(=O)(=O)c1ccc(Oc2cc(F)cc(Cl)c2)c2c1[C@H](O)C(F)(F)C2. The lowest BCUT2D eigenvalue weighted by molar-refractivity contribution is -0.0976. The van der Waals surface area contributed by atoms with Crippen LogP contribution in [0.1, 0.15) is 17.2 Å². The maximum Gasteiger partial charge on any atom is 0.281 e. The summed E-state index contributed by atoms with van der Waals surface area (Å²) in [6.45, 7) is 0. The lowest BCUT2D eigenvalue weighted by Gasteiger charge is -2.15. The Morgan fingerprint density at radius 3 is 2.56 bits per heavy atom. The molecule has 0 heterocycles. The van der Waals surface area contributed by atoms with Gasteiger partial charge in [-0.3, -0.25) is 0 Å². The molecule has 0 unspecified atom stereocenters. The van der Waals surface area contributed by atoms with Gasteiger partial charge in [0.05, 0.1) is 4.90 Å². The number of alkyl halides is 2.